The normalized spacial score (nSPS) is 23.4. The summed E-state index contributed by atoms with van der Waals surface area (Å²) < 4.78 is 5.43. The number of aliphatic hydroxyl groups excluding tert-OH is 1. The van der Waals surface area contributed by atoms with Crippen LogP contribution in [0.3, 0.4) is 0 Å². The van der Waals surface area contributed by atoms with E-state index in [-0.39, 0.29) is 24.7 Å². The molecule has 0 aliphatic carbocycles. The van der Waals surface area contributed by atoms with Crippen molar-refractivity contribution in [1.82, 2.24) is 4.90 Å². The van der Waals surface area contributed by atoms with Crippen LogP contribution in [0, 0.1) is 0 Å². The number of carbonyl (C=O) groups is 1. The fraction of sp³-hybridized carbons (Fsp3) is 0.500. The number of morpholine rings is 1. The topological polar surface area (TPSA) is 75.8 Å². The number of hydrogen-bond donors (Lipinski definition) is 2. The Kier molecular flexibility index (Phi) is 4.39. The zero-order valence-electron chi connectivity index (χ0n) is 11.1. The van der Waals surface area contributed by atoms with Crippen molar-refractivity contribution in [3.63, 3.8) is 0 Å². The van der Waals surface area contributed by atoms with E-state index in [9.17, 15) is 4.79 Å². The highest BCUT2D eigenvalue weighted by Crippen LogP contribution is 2.14. The first-order valence-electron chi connectivity index (χ1n) is 6.46. The predicted octanol–water partition coefficient (Wildman–Crippen LogP) is 0.419. The van der Waals surface area contributed by atoms with Crippen LogP contribution >= 0.6 is 0 Å². The first-order valence-corrected chi connectivity index (χ1v) is 6.46. The average molecular weight is 264 g/mol. The van der Waals surface area contributed by atoms with E-state index in [0.717, 1.165) is 5.56 Å². The van der Waals surface area contributed by atoms with E-state index in [4.69, 9.17) is 15.6 Å². The molecule has 0 radical (unpaired) electrons. The Morgan fingerprint density at radius 2 is 2.16 bits per heavy atom. The zero-order chi connectivity index (χ0) is 13.8. The number of nitrogens with two attached hydrogens (primary N) is 1. The molecule has 0 saturated carbocycles. The fourth-order valence-electron chi connectivity index (χ4n) is 2.19. The number of nitrogens with zero attached hydrogens (tertiary/aromatic N) is 1. The summed E-state index contributed by atoms with van der Waals surface area (Å²) >= 11 is 0. The minimum Gasteiger partial charge on any atom is -0.399 e. The molecule has 1 aliphatic rings. The molecule has 0 aromatic heterocycles. The van der Waals surface area contributed by atoms with Crippen molar-refractivity contribution < 1.29 is 14.6 Å². The van der Waals surface area contributed by atoms with E-state index >= 15 is 0 Å². The fourth-order valence-corrected chi connectivity index (χ4v) is 2.19. The van der Waals surface area contributed by atoms with Crippen molar-refractivity contribution in [2.45, 2.75) is 25.5 Å². The van der Waals surface area contributed by atoms with Crippen LogP contribution in [0.25, 0.3) is 0 Å². The van der Waals surface area contributed by atoms with Crippen molar-refractivity contribution in [1.29, 1.82) is 0 Å². The molecule has 0 bridgehead atoms. The van der Waals surface area contributed by atoms with Crippen LogP contribution in [-0.2, 0) is 16.0 Å². The first-order chi connectivity index (χ1) is 9.10. The highest BCUT2D eigenvalue weighted by atomic mass is 16.5. The van der Waals surface area contributed by atoms with Gasteiger partial charge in [-0.05, 0) is 24.6 Å². The maximum atomic E-state index is 12.3. The molecule has 19 heavy (non-hydrogen) atoms. The van der Waals surface area contributed by atoms with Crippen molar-refractivity contribution in [3.8, 4) is 0 Å². The molecule has 2 unspecified atom stereocenters. The molecular weight excluding hydrogens is 244 g/mol. The van der Waals surface area contributed by atoms with Gasteiger partial charge in [0.2, 0.25) is 5.91 Å². The summed E-state index contributed by atoms with van der Waals surface area (Å²) in [5.41, 5.74) is 7.25. The number of ether oxygens (including phenoxy) is 1. The minimum atomic E-state index is -0.272. The lowest BCUT2D eigenvalue weighted by Gasteiger charge is -2.37. The second-order valence-corrected chi connectivity index (χ2v) is 4.95. The number of amides is 1. The van der Waals surface area contributed by atoms with Gasteiger partial charge < -0.3 is 20.5 Å². The maximum Gasteiger partial charge on any atom is 0.227 e. The summed E-state index contributed by atoms with van der Waals surface area (Å²) in [5.74, 6) is 0.0546. The zero-order valence-corrected chi connectivity index (χ0v) is 11.1. The van der Waals surface area contributed by atoms with Crippen molar-refractivity contribution in [3.05, 3.63) is 29.8 Å². The van der Waals surface area contributed by atoms with Crippen LogP contribution < -0.4 is 5.73 Å². The lowest BCUT2D eigenvalue weighted by molar-refractivity contribution is -0.145. The molecule has 2 rings (SSSR count). The van der Waals surface area contributed by atoms with Gasteiger partial charge in [0.25, 0.3) is 0 Å². The largest absolute Gasteiger partial charge is 0.399 e. The average Bonchev–Trinajstić information content (AvgIpc) is 2.42. The third kappa shape index (κ3) is 3.45. The lowest BCUT2D eigenvalue weighted by atomic mass is 10.1. The summed E-state index contributed by atoms with van der Waals surface area (Å²) in [6.45, 7) is 2.82. The lowest BCUT2D eigenvalue weighted by Crippen LogP contribution is -2.52. The summed E-state index contributed by atoms with van der Waals surface area (Å²) in [6.07, 6.45) is 0.0783. The van der Waals surface area contributed by atoms with Crippen LogP contribution in [0.2, 0.25) is 0 Å². The molecule has 1 aliphatic heterocycles. The monoisotopic (exact) mass is 264 g/mol. The van der Waals surface area contributed by atoms with Crippen LogP contribution in [0.1, 0.15) is 12.5 Å². The first kappa shape index (κ1) is 13.8. The highest BCUT2D eigenvalue weighted by Gasteiger charge is 2.28. The van der Waals surface area contributed by atoms with Crippen molar-refractivity contribution >= 4 is 11.6 Å². The third-order valence-corrected chi connectivity index (χ3v) is 3.36. The van der Waals surface area contributed by atoms with Crippen LogP contribution in [0.5, 0.6) is 0 Å². The number of carbonyl (C=O) groups excluding carboxylic acids is 1. The third-order valence-electron chi connectivity index (χ3n) is 3.36. The quantitative estimate of drug-likeness (QED) is 0.776. The molecule has 104 valence electrons. The Labute approximate surface area is 113 Å². The van der Waals surface area contributed by atoms with Crippen LogP contribution in [0.15, 0.2) is 24.3 Å². The second kappa shape index (κ2) is 6.04. The number of aliphatic hydroxyl groups is 1. The molecule has 0 spiro atoms. The van der Waals surface area contributed by atoms with Gasteiger partial charge >= 0.3 is 0 Å². The molecule has 1 amide bonds. The SMILES string of the molecule is CC1COC(CO)CN1C(=O)Cc1ccc(N)cc1. The molecule has 3 N–H and O–H groups in total. The van der Waals surface area contributed by atoms with Crippen LogP contribution in [0.4, 0.5) is 5.69 Å². The van der Waals surface area contributed by atoms with Gasteiger partial charge in [-0.3, -0.25) is 4.79 Å². The maximum absolute atomic E-state index is 12.3. The van der Waals surface area contributed by atoms with E-state index in [1.807, 2.05) is 19.1 Å². The summed E-state index contributed by atoms with van der Waals surface area (Å²) in [6, 6.07) is 7.36. The van der Waals surface area contributed by atoms with E-state index < -0.39 is 0 Å². The predicted molar refractivity (Wildman–Crippen MR) is 72.6 cm³/mol. The van der Waals surface area contributed by atoms with Gasteiger partial charge in [-0.15, -0.1) is 0 Å². The van der Waals surface area contributed by atoms with Gasteiger partial charge in [0.1, 0.15) is 0 Å². The summed E-state index contributed by atoms with van der Waals surface area (Å²) in [7, 11) is 0. The molecule has 1 aromatic carbocycles. The minimum absolute atomic E-state index is 0.0454. The van der Waals surface area contributed by atoms with Gasteiger partial charge in [-0.1, -0.05) is 12.1 Å². The molecule has 1 aromatic rings. The van der Waals surface area contributed by atoms with E-state index in [2.05, 4.69) is 0 Å². The molecular formula is C14H20N2O3. The second-order valence-electron chi connectivity index (χ2n) is 4.95. The number of benzene rings is 1. The van der Waals surface area contributed by atoms with E-state index in [0.29, 0.717) is 25.3 Å². The van der Waals surface area contributed by atoms with Crippen LogP contribution in [-0.4, -0.2) is 47.8 Å². The smallest absolute Gasteiger partial charge is 0.227 e. The molecule has 5 nitrogen and oxygen atoms in total. The molecule has 5 heteroatoms. The Morgan fingerprint density at radius 1 is 1.47 bits per heavy atom. The standard InChI is InChI=1S/C14H20N2O3/c1-10-9-19-13(8-17)7-16(10)14(18)6-11-2-4-12(15)5-3-11/h2-5,10,13,17H,6-9,15H2,1H3. The van der Waals surface area contributed by atoms with Gasteiger partial charge in [0, 0.05) is 12.2 Å². The Bertz CT molecular complexity index is 433. The molecule has 1 heterocycles. The summed E-state index contributed by atoms with van der Waals surface area (Å²) in [4.78, 5) is 14.1. The number of hydrogen-bond acceptors (Lipinski definition) is 4. The summed E-state index contributed by atoms with van der Waals surface area (Å²) in [5, 5.41) is 9.12. The van der Waals surface area contributed by atoms with Gasteiger partial charge in [0.15, 0.2) is 0 Å². The Morgan fingerprint density at radius 3 is 2.79 bits per heavy atom. The number of anilines is 1. The Hall–Kier alpha value is -1.59. The van der Waals surface area contributed by atoms with Gasteiger partial charge in [0.05, 0.1) is 31.8 Å². The highest BCUT2D eigenvalue weighted by molar-refractivity contribution is 5.79. The number of nitrogen functional groups attached to an aromatic ring is 1. The number of rotatable bonds is 3. The molecule has 1 fully saturated rings. The van der Waals surface area contributed by atoms with Crippen molar-refractivity contribution in [2.24, 2.45) is 0 Å². The van der Waals surface area contributed by atoms with E-state index in [1.54, 1.807) is 17.0 Å². The van der Waals surface area contributed by atoms with Crippen molar-refractivity contribution in [2.75, 3.05) is 25.5 Å². The molecule has 1 saturated heterocycles. The van der Waals surface area contributed by atoms with E-state index in [1.165, 1.54) is 0 Å². The van der Waals surface area contributed by atoms with Gasteiger partial charge in [-0.25, -0.2) is 0 Å². The van der Waals surface area contributed by atoms with Gasteiger partial charge in [-0.2, -0.15) is 0 Å². The molecule has 2 atom stereocenters. The Balaban J connectivity index is 2.00.